The Balaban J connectivity index is 1.64. The van der Waals surface area contributed by atoms with Crippen LogP contribution in [0.4, 0.5) is 0 Å². The third-order valence-corrected chi connectivity index (χ3v) is 5.70. The predicted molar refractivity (Wildman–Crippen MR) is 94.9 cm³/mol. The number of rotatable bonds is 4. The Hall–Kier alpha value is -1.88. The second kappa shape index (κ2) is 7.16. The Morgan fingerprint density at radius 2 is 1.92 bits per heavy atom. The summed E-state index contributed by atoms with van der Waals surface area (Å²) in [6.07, 6.45) is 4.82. The molecule has 3 rings (SSSR count). The molecule has 1 aromatic rings. The van der Waals surface area contributed by atoms with Crippen molar-refractivity contribution in [3.8, 4) is 0 Å². The van der Waals surface area contributed by atoms with Crippen molar-refractivity contribution < 1.29 is 14.4 Å². The number of amides is 3. The van der Waals surface area contributed by atoms with Crippen LogP contribution in [0.2, 0.25) is 5.02 Å². The van der Waals surface area contributed by atoms with Crippen LogP contribution in [0.25, 0.3) is 0 Å². The van der Waals surface area contributed by atoms with Gasteiger partial charge in [-0.1, -0.05) is 49.1 Å². The van der Waals surface area contributed by atoms with Crippen LogP contribution in [-0.2, 0) is 14.4 Å². The van der Waals surface area contributed by atoms with Crippen LogP contribution in [0.15, 0.2) is 24.3 Å². The van der Waals surface area contributed by atoms with Gasteiger partial charge in [-0.25, -0.2) is 0 Å². The van der Waals surface area contributed by atoms with Gasteiger partial charge in [0.05, 0.1) is 11.5 Å². The first-order chi connectivity index (χ1) is 11.9. The van der Waals surface area contributed by atoms with Crippen LogP contribution in [0.3, 0.4) is 0 Å². The Morgan fingerprint density at radius 3 is 2.60 bits per heavy atom. The lowest BCUT2D eigenvalue weighted by molar-refractivity contribution is -0.145. The summed E-state index contributed by atoms with van der Waals surface area (Å²) in [5.74, 6) is -0.743. The fourth-order valence-corrected chi connectivity index (χ4v) is 4.27. The summed E-state index contributed by atoms with van der Waals surface area (Å²) in [5, 5.41) is 3.40. The number of imide groups is 1. The average molecular weight is 363 g/mol. The number of carbonyl (C=O) groups is 3. The lowest BCUT2D eigenvalue weighted by atomic mass is 9.73. The summed E-state index contributed by atoms with van der Waals surface area (Å²) in [6.45, 7) is 1.61. The first-order valence-electron chi connectivity index (χ1n) is 8.81. The highest BCUT2D eigenvalue weighted by Gasteiger charge is 2.51. The van der Waals surface area contributed by atoms with Gasteiger partial charge in [0.2, 0.25) is 17.7 Å². The zero-order valence-electron chi connectivity index (χ0n) is 14.4. The van der Waals surface area contributed by atoms with Crippen molar-refractivity contribution >= 4 is 29.3 Å². The van der Waals surface area contributed by atoms with Crippen molar-refractivity contribution in [1.82, 2.24) is 10.2 Å². The molecule has 0 aromatic heterocycles. The Bertz CT molecular complexity index is 698. The van der Waals surface area contributed by atoms with Gasteiger partial charge in [0, 0.05) is 11.4 Å². The molecular formula is C19H23ClN2O3. The highest BCUT2D eigenvalue weighted by atomic mass is 35.5. The van der Waals surface area contributed by atoms with E-state index in [2.05, 4.69) is 5.32 Å². The molecule has 1 aliphatic carbocycles. The van der Waals surface area contributed by atoms with E-state index >= 15 is 0 Å². The Labute approximate surface area is 152 Å². The van der Waals surface area contributed by atoms with Gasteiger partial charge >= 0.3 is 0 Å². The maximum atomic E-state index is 12.7. The zero-order chi connectivity index (χ0) is 18.0. The highest BCUT2D eigenvalue weighted by Crippen LogP contribution is 2.45. The second-order valence-corrected chi connectivity index (χ2v) is 7.52. The molecule has 1 atom stereocenters. The predicted octanol–water partition coefficient (Wildman–Crippen LogP) is 3.23. The number of hydrogen-bond acceptors (Lipinski definition) is 3. The minimum absolute atomic E-state index is 0.169. The molecular weight excluding hydrogens is 340 g/mol. The summed E-state index contributed by atoms with van der Waals surface area (Å²) >= 11 is 6.15. The summed E-state index contributed by atoms with van der Waals surface area (Å²) in [5.41, 5.74) is 0.254. The molecule has 134 valence electrons. The van der Waals surface area contributed by atoms with Gasteiger partial charge in [-0.3, -0.25) is 19.3 Å². The van der Waals surface area contributed by atoms with Crippen LogP contribution >= 0.6 is 11.6 Å². The molecule has 1 unspecified atom stereocenters. The summed E-state index contributed by atoms with van der Waals surface area (Å²) in [6, 6.07) is 6.99. The first kappa shape index (κ1) is 17.9. The molecule has 3 amide bonds. The molecule has 1 aromatic carbocycles. The zero-order valence-corrected chi connectivity index (χ0v) is 15.1. The molecule has 5 nitrogen and oxygen atoms in total. The van der Waals surface area contributed by atoms with Gasteiger partial charge in [0.1, 0.15) is 6.54 Å². The fraction of sp³-hybridized carbons (Fsp3) is 0.526. The van der Waals surface area contributed by atoms with Crippen molar-refractivity contribution in [3.63, 3.8) is 0 Å². The van der Waals surface area contributed by atoms with E-state index in [9.17, 15) is 14.4 Å². The molecule has 2 aliphatic rings. The van der Waals surface area contributed by atoms with Gasteiger partial charge < -0.3 is 5.32 Å². The lowest BCUT2D eigenvalue weighted by Crippen LogP contribution is -2.43. The van der Waals surface area contributed by atoms with Crippen molar-refractivity contribution in [1.29, 1.82) is 0 Å². The van der Waals surface area contributed by atoms with Crippen LogP contribution in [0.1, 0.15) is 57.1 Å². The van der Waals surface area contributed by atoms with Gasteiger partial charge in [0.15, 0.2) is 0 Å². The van der Waals surface area contributed by atoms with Gasteiger partial charge in [-0.2, -0.15) is 0 Å². The highest BCUT2D eigenvalue weighted by molar-refractivity contribution is 6.31. The van der Waals surface area contributed by atoms with E-state index in [0.29, 0.717) is 5.02 Å². The number of nitrogens with zero attached hydrogens (tertiary/aromatic N) is 1. The van der Waals surface area contributed by atoms with Gasteiger partial charge in [-0.15, -0.1) is 0 Å². The molecule has 1 N–H and O–H groups in total. The summed E-state index contributed by atoms with van der Waals surface area (Å²) in [4.78, 5) is 38.5. The minimum Gasteiger partial charge on any atom is -0.348 e. The minimum atomic E-state index is -0.552. The summed E-state index contributed by atoms with van der Waals surface area (Å²) < 4.78 is 0. The molecule has 1 saturated heterocycles. The van der Waals surface area contributed by atoms with E-state index in [4.69, 9.17) is 11.6 Å². The van der Waals surface area contributed by atoms with Crippen LogP contribution in [-0.4, -0.2) is 29.2 Å². The number of carbonyl (C=O) groups excluding carboxylic acids is 3. The van der Waals surface area contributed by atoms with Crippen LogP contribution in [0.5, 0.6) is 0 Å². The molecule has 1 aliphatic heterocycles. The maximum absolute atomic E-state index is 12.7. The van der Waals surface area contributed by atoms with Crippen molar-refractivity contribution in [2.75, 3.05) is 6.54 Å². The third kappa shape index (κ3) is 3.56. The van der Waals surface area contributed by atoms with E-state index in [1.165, 1.54) is 0 Å². The molecule has 1 spiro atoms. The number of likely N-dealkylation sites (tertiary alicyclic amines) is 1. The first-order valence-corrected chi connectivity index (χ1v) is 9.19. The second-order valence-electron chi connectivity index (χ2n) is 7.11. The number of benzene rings is 1. The normalized spacial score (nSPS) is 20.8. The summed E-state index contributed by atoms with van der Waals surface area (Å²) in [7, 11) is 0. The lowest BCUT2D eigenvalue weighted by Gasteiger charge is -2.30. The fourth-order valence-electron chi connectivity index (χ4n) is 3.97. The van der Waals surface area contributed by atoms with E-state index < -0.39 is 5.41 Å². The number of halogens is 1. The Kier molecular flexibility index (Phi) is 5.13. The SMILES string of the molecule is CC(NC(=O)CN1C(=O)CC2(CCCCC2)C1=O)c1ccccc1Cl. The molecule has 0 bridgehead atoms. The van der Waals surface area contributed by atoms with E-state index in [1.807, 2.05) is 25.1 Å². The topological polar surface area (TPSA) is 66.5 Å². The smallest absolute Gasteiger partial charge is 0.240 e. The average Bonchev–Trinajstić information content (AvgIpc) is 2.80. The molecule has 1 saturated carbocycles. The van der Waals surface area contributed by atoms with Crippen molar-refractivity contribution in [3.05, 3.63) is 34.9 Å². The van der Waals surface area contributed by atoms with Gasteiger partial charge in [-0.05, 0) is 31.4 Å². The quantitative estimate of drug-likeness (QED) is 0.836. The number of nitrogens with one attached hydrogen (secondary N) is 1. The third-order valence-electron chi connectivity index (χ3n) is 5.35. The van der Waals surface area contributed by atoms with E-state index in [0.717, 1.165) is 42.6 Å². The molecule has 1 heterocycles. The van der Waals surface area contributed by atoms with Gasteiger partial charge in [0.25, 0.3) is 0 Å². The Morgan fingerprint density at radius 1 is 1.24 bits per heavy atom. The molecule has 25 heavy (non-hydrogen) atoms. The van der Waals surface area contributed by atoms with Crippen molar-refractivity contribution in [2.45, 2.75) is 51.5 Å². The molecule has 6 heteroatoms. The molecule has 2 fully saturated rings. The monoisotopic (exact) mass is 362 g/mol. The van der Waals surface area contributed by atoms with Crippen LogP contribution < -0.4 is 5.32 Å². The standard InChI is InChI=1S/C19H23ClN2O3/c1-13(14-7-3-4-8-15(14)20)21-16(23)12-22-17(24)11-19(18(22)25)9-5-2-6-10-19/h3-4,7-8,13H,2,5-6,9-12H2,1H3,(H,21,23). The van der Waals surface area contributed by atoms with Crippen molar-refractivity contribution in [2.24, 2.45) is 5.41 Å². The van der Waals surface area contributed by atoms with Crippen LogP contribution in [0, 0.1) is 5.41 Å². The number of hydrogen-bond donors (Lipinski definition) is 1. The van der Waals surface area contributed by atoms with E-state index in [1.54, 1.807) is 6.07 Å². The maximum Gasteiger partial charge on any atom is 0.240 e. The molecule has 0 radical (unpaired) electrons. The van der Waals surface area contributed by atoms with E-state index in [-0.39, 0.29) is 36.7 Å². The largest absolute Gasteiger partial charge is 0.348 e.